The number of carbonyl (C=O) groups is 2. The summed E-state index contributed by atoms with van der Waals surface area (Å²) in [5, 5.41) is 4.49. The van der Waals surface area contributed by atoms with E-state index >= 15 is 0 Å². The van der Waals surface area contributed by atoms with Gasteiger partial charge in [0.15, 0.2) is 17.5 Å². The molecule has 25 heavy (non-hydrogen) atoms. The van der Waals surface area contributed by atoms with E-state index in [2.05, 4.69) is 37.4 Å². The first-order valence-corrected chi connectivity index (χ1v) is 8.50. The molecule has 0 aliphatic carbocycles. The van der Waals surface area contributed by atoms with Crippen molar-refractivity contribution in [3.8, 4) is 0 Å². The van der Waals surface area contributed by atoms with Crippen LogP contribution < -0.4 is 21.5 Å². The summed E-state index contributed by atoms with van der Waals surface area (Å²) in [4.78, 5) is 23.7. The number of amides is 2. The molecule has 6 nitrogen and oxygen atoms in total. The molecule has 1 fully saturated rings. The van der Waals surface area contributed by atoms with Crippen LogP contribution in [0.2, 0.25) is 0 Å². The van der Waals surface area contributed by atoms with Crippen molar-refractivity contribution in [2.24, 2.45) is 5.92 Å². The van der Waals surface area contributed by atoms with Gasteiger partial charge in [-0.2, -0.15) is 0 Å². The molecule has 3 atom stereocenters. The Morgan fingerprint density at radius 1 is 1.20 bits per heavy atom. The zero-order valence-electron chi connectivity index (χ0n) is 13.5. The Kier molecular flexibility index (Phi) is 6.42. The van der Waals surface area contributed by atoms with Crippen LogP contribution in [0, 0.1) is 23.4 Å². The molecule has 1 aromatic rings. The van der Waals surface area contributed by atoms with E-state index < -0.39 is 47.5 Å². The third-order valence-electron chi connectivity index (χ3n) is 3.80. The third kappa shape index (κ3) is 4.50. The zero-order chi connectivity index (χ0) is 18.7. The van der Waals surface area contributed by atoms with Gasteiger partial charge in [0.05, 0.1) is 17.1 Å². The standard InChI is InChI=1S/C15H18BrF3N4O2/c1-6(2)13-10(16)14(23-22-13)15(25)20-5-9(24)21-8-4-3-7(17)11(18)12(8)19/h3-4,6,10,13-14,22-23H,5H2,1-2H3,(H,20,25)(H,21,24). The van der Waals surface area contributed by atoms with Crippen molar-refractivity contribution in [2.45, 2.75) is 30.8 Å². The first-order valence-electron chi connectivity index (χ1n) is 7.58. The minimum absolute atomic E-state index is 0.0286. The lowest BCUT2D eigenvalue weighted by molar-refractivity contribution is -0.125. The summed E-state index contributed by atoms with van der Waals surface area (Å²) >= 11 is 3.44. The van der Waals surface area contributed by atoms with Gasteiger partial charge < -0.3 is 10.6 Å². The third-order valence-corrected chi connectivity index (χ3v) is 4.90. The van der Waals surface area contributed by atoms with Gasteiger partial charge in [-0.3, -0.25) is 15.0 Å². The first-order chi connectivity index (χ1) is 11.7. The van der Waals surface area contributed by atoms with Crippen molar-refractivity contribution >= 4 is 33.4 Å². The Hall–Kier alpha value is -1.65. The molecule has 2 amide bonds. The van der Waals surface area contributed by atoms with Gasteiger partial charge in [-0.05, 0) is 18.1 Å². The van der Waals surface area contributed by atoms with Crippen molar-refractivity contribution in [3.05, 3.63) is 29.6 Å². The summed E-state index contributed by atoms with van der Waals surface area (Å²) in [6.45, 7) is 3.55. The number of alkyl halides is 1. The number of carbonyl (C=O) groups excluding carboxylic acids is 2. The molecule has 1 heterocycles. The van der Waals surface area contributed by atoms with Crippen LogP contribution in [0.25, 0.3) is 0 Å². The quantitative estimate of drug-likeness (QED) is 0.427. The van der Waals surface area contributed by atoms with E-state index in [0.29, 0.717) is 6.07 Å². The van der Waals surface area contributed by atoms with Crippen LogP contribution in [0.5, 0.6) is 0 Å². The smallest absolute Gasteiger partial charge is 0.243 e. The molecule has 4 N–H and O–H groups in total. The maximum Gasteiger partial charge on any atom is 0.243 e. The molecule has 1 saturated heterocycles. The summed E-state index contributed by atoms with van der Waals surface area (Å²) in [5.41, 5.74) is 5.34. The average Bonchev–Trinajstić information content (AvgIpc) is 2.95. The zero-order valence-corrected chi connectivity index (χ0v) is 15.1. The molecular formula is C15H18BrF3N4O2. The molecule has 0 radical (unpaired) electrons. The van der Waals surface area contributed by atoms with Gasteiger partial charge in [-0.15, -0.1) is 0 Å². The topological polar surface area (TPSA) is 82.3 Å². The highest BCUT2D eigenvalue weighted by molar-refractivity contribution is 9.09. The lowest BCUT2D eigenvalue weighted by Gasteiger charge is -2.19. The molecule has 2 rings (SSSR count). The van der Waals surface area contributed by atoms with E-state index in [-0.39, 0.29) is 16.8 Å². The fourth-order valence-electron chi connectivity index (χ4n) is 2.39. The number of hydrazine groups is 1. The SMILES string of the molecule is CC(C)C1NNC(C(=O)NCC(=O)Nc2ccc(F)c(F)c2F)C1Br. The highest BCUT2D eigenvalue weighted by Crippen LogP contribution is 2.22. The van der Waals surface area contributed by atoms with Gasteiger partial charge in [0.1, 0.15) is 6.04 Å². The second-order valence-corrected chi connectivity index (χ2v) is 7.03. The van der Waals surface area contributed by atoms with E-state index in [1.54, 1.807) is 0 Å². The molecular weight excluding hydrogens is 405 g/mol. The first kappa shape index (κ1) is 19.7. The van der Waals surface area contributed by atoms with Crippen LogP contribution >= 0.6 is 15.9 Å². The lowest BCUT2D eigenvalue weighted by Crippen LogP contribution is -2.47. The molecule has 0 saturated carbocycles. The molecule has 0 bridgehead atoms. The molecule has 0 spiro atoms. The largest absolute Gasteiger partial charge is 0.346 e. The lowest BCUT2D eigenvalue weighted by atomic mass is 9.99. The summed E-state index contributed by atoms with van der Waals surface area (Å²) < 4.78 is 39.5. The monoisotopic (exact) mass is 422 g/mol. The number of hydrogen-bond acceptors (Lipinski definition) is 4. The Labute approximate surface area is 151 Å². The van der Waals surface area contributed by atoms with Gasteiger partial charge in [0, 0.05) is 6.04 Å². The van der Waals surface area contributed by atoms with Gasteiger partial charge in [0.25, 0.3) is 0 Å². The van der Waals surface area contributed by atoms with Crippen molar-refractivity contribution in [2.75, 3.05) is 11.9 Å². The normalized spacial score (nSPS) is 22.9. The number of hydrogen-bond donors (Lipinski definition) is 4. The van der Waals surface area contributed by atoms with Gasteiger partial charge >= 0.3 is 0 Å². The predicted octanol–water partition coefficient (Wildman–Crippen LogP) is 1.42. The minimum Gasteiger partial charge on any atom is -0.346 e. The maximum atomic E-state index is 13.5. The highest BCUT2D eigenvalue weighted by Gasteiger charge is 2.39. The molecule has 0 aromatic heterocycles. The number of anilines is 1. The van der Waals surface area contributed by atoms with Crippen molar-refractivity contribution in [1.29, 1.82) is 0 Å². The van der Waals surface area contributed by atoms with Crippen LogP contribution in [0.15, 0.2) is 12.1 Å². The second-order valence-electron chi connectivity index (χ2n) is 5.97. The van der Waals surface area contributed by atoms with Gasteiger partial charge in [-0.25, -0.2) is 18.6 Å². The number of rotatable bonds is 5. The van der Waals surface area contributed by atoms with Crippen LogP contribution in [-0.2, 0) is 9.59 Å². The van der Waals surface area contributed by atoms with Gasteiger partial charge in [0.2, 0.25) is 11.8 Å². The summed E-state index contributed by atoms with van der Waals surface area (Å²) in [6.07, 6.45) is 0. The van der Waals surface area contributed by atoms with Crippen molar-refractivity contribution in [3.63, 3.8) is 0 Å². The highest BCUT2D eigenvalue weighted by atomic mass is 79.9. The van der Waals surface area contributed by atoms with E-state index in [4.69, 9.17) is 0 Å². The van der Waals surface area contributed by atoms with Crippen LogP contribution in [-0.4, -0.2) is 35.3 Å². The molecule has 1 aromatic carbocycles. The van der Waals surface area contributed by atoms with Gasteiger partial charge in [-0.1, -0.05) is 29.8 Å². The van der Waals surface area contributed by atoms with Crippen LogP contribution in [0.3, 0.4) is 0 Å². The molecule has 1 aliphatic heterocycles. The minimum atomic E-state index is -1.68. The molecule has 10 heteroatoms. The molecule has 1 aliphatic rings. The van der Waals surface area contributed by atoms with Crippen LogP contribution in [0.1, 0.15) is 13.8 Å². The van der Waals surface area contributed by atoms with E-state index in [9.17, 15) is 22.8 Å². The fraction of sp³-hybridized carbons (Fsp3) is 0.467. The fourth-order valence-corrected chi connectivity index (χ4v) is 3.51. The van der Waals surface area contributed by atoms with E-state index in [1.165, 1.54) is 0 Å². The van der Waals surface area contributed by atoms with Crippen molar-refractivity contribution < 1.29 is 22.8 Å². The molecule has 3 unspecified atom stereocenters. The summed E-state index contributed by atoms with van der Waals surface area (Å²) in [6, 6.07) is 1.03. The Balaban J connectivity index is 1.88. The Morgan fingerprint density at radius 3 is 2.48 bits per heavy atom. The molecule has 138 valence electrons. The second kappa shape index (κ2) is 8.15. The Bertz CT molecular complexity index is 674. The van der Waals surface area contributed by atoms with E-state index in [1.807, 2.05) is 13.8 Å². The van der Waals surface area contributed by atoms with E-state index in [0.717, 1.165) is 6.07 Å². The predicted molar refractivity (Wildman–Crippen MR) is 89.4 cm³/mol. The maximum absolute atomic E-state index is 13.5. The summed E-state index contributed by atoms with van der Waals surface area (Å²) in [5.74, 6) is -5.46. The summed E-state index contributed by atoms with van der Waals surface area (Å²) in [7, 11) is 0. The number of halogens is 4. The van der Waals surface area contributed by atoms with Crippen LogP contribution in [0.4, 0.5) is 18.9 Å². The van der Waals surface area contributed by atoms with Crippen molar-refractivity contribution in [1.82, 2.24) is 16.2 Å². The average molecular weight is 423 g/mol. The Morgan fingerprint density at radius 2 is 1.88 bits per heavy atom. The number of nitrogens with one attached hydrogen (secondary N) is 4. The number of benzene rings is 1.